The normalized spacial score (nSPS) is 11.3. The second-order valence-corrected chi connectivity index (χ2v) is 7.18. The van der Waals surface area contributed by atoms with Gasteiger partial charge in [-0.05, 0) is 54.3 Å². The first-order chi connectivity index (χ1) is 13.3. The lowest BCUT2D eigenvalue weighted by Crippen LogP contribution is -2.46. The van der Waals surface area contributed by atoms with Crippen molar-refractivity contribution in [2.45, 2.75) is 38.1 Å². The monoisotopic (exact) mass is 504 g/mol. The van der Waals surface area contributed by atoms with Gasteiger partial charge in [0.1, 0.15) is 6.04 Å². The van der Waals surface area contributed by atoms with E-state index in [0.29, 0.717) is 24.9 Å². The van der Waals surface area contributed by atoms with E-state index < -0.39 is 24.0 Å². The number of amides is 3. The van der Waals surface area contributed by atoms with E-state index in [9.17, 15) is 24.3 Å². The summed E-state index contributed by atoms with van der Waals surface area (Å²) in [6.45, 7) is 0.516. The van der Waals surface area contributed by atoms with E-state index >= 15 is 0 Å². The second kappa shape index (κ2) is 12.9. The predicted molar refractivity (Wildman–Crippen MR) is 108 cm³/mol. The number of hydrogen-bond acceptors (Lipinski definition) is 5. The lowest BCUT2D eigenvalue weighted by molar-refractivity contribution is -0.139. The van der Waals surface area contributed by atoms with Crippen molar-refractivity contribution in [1.29, 1.82) is 0 Å². The fraction of sp³-hybridized carbons (Fsp3) is 0.471. The van der Waals surface area contributed by atoms with Crippen LogP contribution in [0, 0.1) is 3.57 Å². The van der Waals surface area contributed by atoms with E-state index in [-0.39, 0.29) is 31.7 Å². The van der Waals surface area contributed by atoms with E-state index in [2.05, 4.69) is 43.5 Å². The van der Waals surface area contributed by atoms with Gasteiger partial charge in [-0.25, -0.2) is 9.59 Å². The molecule has 3 amide bonds. The largest absolute Gasteiger partial charge is 0.481 e. The summed E-state index contributed by atoms with van der Waals surface area (Å²) in [6, 6.07) is -0.00476. The van der Waals surface area contributed by atoms with Crippen molar-refractivity contribution in [3.05, 3.63) is 27.6 Å². The molecule has 0 aliphatic rings. The van der Waals surface area contributed by atoms with E-state index in [4.69, 9.17) is 5.11 Å². The number of nitrogens with zero attached hydrogens (tertiary/aromatic N) is 1. The van der Waals surface area contributed by atoms with Crippen molar-refractivity contribution in [2.24, 2.45) is 0 Å². The molecule has 0 bridgehead atoms. The zero-order valence-corrected chi connectivity index (χ0v) is 17.3. The Morgan fingerprint density at radius 1 is 1.04 bits per heavy atom. The highest BCUT2D eigenvalue weighted by molar-refractivity contribution is 14.1. The van der Waals surface area contributed by atoms with Crippen LogP contribution in [0.3, 0.4) is 0 Å². The first kappa shape index (κ1) is 23.6. The van der Waals surface area contributed by atoms with Gasteiger partial charge in [0.2, 0.25) is 0 Å². The molecule has 1 aromatic rings. The first-order valence-electron chi connectivity index (χ1n) is 8.67. The lowest BCUT2D eigenvalue weighted by atomic mass is 10.1. The number of aliphatic carboxylic acids is 2. The maximum Gasteiger partial charge on any atom is 0.326 e. The van der Waals surface area contributed by atoms with Gasteiger partial charge in [-0.1, -0.05) is 0 Å². The molecule has 1 atom stereocenters. The molecule has 154 valence electrons. The van der Waals surface area contributed by atoms with E-state index in [1.165, 1.54) is 6.20 Å². The maximum atomic E-state index is 12.0. The standard InChI is InChI=1S/C17H23IN4O6/c18-12-8-11(9-19-10-12)15(25)20-6-2-1-4-13(16(26)27)22-17(28)21-7-3-5-14(23)24/h8-10,13H,1-7H2,(H,20,25)(H,23,24)(H,26,27)(H2,21,22,28)/i18-2. The van der Waals surface area contributed by atoms with Gasteiger partial charge in [0.05, 0.1) is 5.56 Å². The molecule has 0 aliphatic heterocycles. The average molecular weight is 504 g/mol. The molecule has 1 heterocycles. The molecule has 11 heteroatoms. The third-order valence-corrected chi connectivity index (χ3v) is 4.22. The average Bonchev–Trinajstić information content (AvgIpc) is 2.63. The van der Waals surface area contributed by atoms with Crippen LogP contribution in [0.1, 0.15) is 42.5 Å². The Hall–Kier alpha value is -2.44. The highest BCUT2D eigenvalue weighted by Crippen LogP contribution is 2.06. The van der Waals surface area contributed by atoms with Crippen LogP contribution in [0.5, 0.6) is 0 Å². The van der Waals surface area contributed by atoms with Crippen molar-refractivity contribution < 1.29 is 29.4 Å². The van der Waals surface area contributed by atoms with Crippen LogP contribution in [0.25, 0.3) is 0 Å². The van der Waals surface area contributed by atoms with Crippen LogP contribution in [0.2, 0.25) is 0 Å². The molecule has 0 fully saturated rings. The highest BCUT2D eigenvalue weighted by atomic mass is 125. The number of carboxylic acid groups (broad SMARTS) is 2. The van der Waals surface area contributed by atoms with Gasteiger partial charge in [-0.2, -0.15) is 0 Å². The van der Waals surface area contributed by atoms with Crippen molar-refractivity contribution >= 4 is 46.5 Å². The number of nitrogens with one attached hydrogen (secondary N) is 3. The van der Waals surface area contributed by atoms with E-state index in [0.717, 1.165) is 3.57 Å². The first-order valence-corrected chi connectivity index (χ1v) is 9.75. The number of unbranched alkanes of at least 4 members (excludes halogenated alkanes) is 1. The predicted octanol–water partition coefficient (Wildman–Crippen LogP) is 1.20. The van der Waals surface area contributed by atoms with Crippen molar-refractivity contribution in [1.82, 2.24) is 20.9 Å². The van der Waals surface area contributed by atoms with E-state index in [1.807, 2.05) is 0 Å². The van der Waals surface area contributed by atoms with Gasteiger partial charge in [-0.3, -0.25) is 14.6 Å². The number of pyridine rings is 1. The van der Waals surface area contributed by atoms with Gasteiger partial charge in [0.25, 0.3) is 5.91 Å². The van der Waals surface area contributed by atoms with Gasteiger partial charge < -0.3 is 26.2 Å². The number of rotatable bonds is 12. The molecule has 10 nitrogen and oxygen atoms in total. The second-order valence-electron chi connectivity index (χ2n) is 5.93. The fourth-order valence-corrected chi connectivity index (χ4v) is 2.72. The Morgan fingerprint density at radius 3 is 2.39 bits per heavy atom. The third kappa shape index (κ3) is 10.0. The zero-order valence-electron chi connectivity index (χ0n) is 15.1. The smallest absolute Gasteiger partial charge is 0.326 e. The molecule has 0 aliphatic carbocycles. The quantitative estimate of drug-likeness (QED) is 0.211. The van der Waals surface area contributed by atoms with Crippen molar-refractivity contribution in [2.75, 3.05) is 13.1 Å². The molecule has 1 rings (SSSR count). The lowest BCUT2D eigenvalue weighted by Gasteiger charge is -2.15. The van der Waals surface area contributed by atoms with Crippen molar-refractivity contribution in [3.63, 3.8) is 0 Å². The van der Waals surface area contributed by atoms with Crippen LogP contribution in [-0.4, -0.2) is 58.2 Å². The minimum atomic E-state index is -1.16. The summed E-state index contributed by atoms with van der Waals surface area (Å²) in [5.41, 5.74) is 0.455. The Labute approximate surface area is 175 Å². The molecule has 0 aromatic carbocycles. The molecule has 0 saturated carbocycles. The van der Waals surface area contributed by atoms with Crippen LogP contribution in [0.4, 0.5) is 4.79 Å². The molecular weight excluding hydrogens is 481 g/mol. The van der Waals surface area contributed by atoms with Gasteiger partial charge in [0.15, 0.2) is 0 Å². The minimum Gasteiger partial charge on any atom is -0.481 e. The summed E-state index contributed by atoms with van der Waals surface area (Å²) < 4.78 is 0.849. The van der Waals surface area contributed by atoms with Crippen LogP contribution >= 0.6 is 22.6 Å². The molecule has 28 heavy (non-hydrogen) atoms. The maximum absolute atomic E-state index is 12.0. The number of aromatic nitrogens is 1. The number of halogens is 1. The topological polar surface area (TPSA) is 158 Å². The molecule has 1 aromatic heterocycles. The summed E-state index contributed by atoms with van der Waals surface area (Å²) in [5, 5.41) is 25.2. The SMILES string of the molecule is O=C(O)CCCNC(=O)NC(CCCCNC(=O)c1cncc([125I])c1)C(=O)O. The summed E-state index contributed by atoms with van der Waals surface area (Å²) in [7, 11) is 0. The number of carbonyl (C=O) groups is 4. The zero-order chi connectivity index (χ0) is 20.9. The van der Waals surface area contributed by atoms with Crippen LogP contribution < -0.4 is 16.0 Å². The summed E-state index contributed by atoms with van der Waals surface area (Å²) in [6.07, 6.45) is 4.53. The van der Waals surface area contributed by atoms with E-state index in [1.54, 1.807) is 12.3 Å². The van der Waals surface area contributed by atoms with Gasteiger partial charge >= 0.3 is 18.0 Å². The Bertz CT molecular complexity index is 700. The Morgan fingerprint density at radius 2 is 1.75 bits per heavy atom. The molecule has 5 N–H and O–H groups in total. The van der Waals surface area contributed by atoms with Crippen LogP contribution in [-0.2, 0) is 9.59 Å². The molecule has 1 unspecified atom stereocenters. The summed E-state index contributed by atoms with van der Waals surface area (Å²) in [4.78, 5) is 49.2. The number of carbonyl (C=O) groups excluding carboxylic acids is 2. The van der Waals surface area contributed by atoms with Gasteiger partial charge in [0, 0.05) is 35.5 Å². The van der Waals surface area contributed by atoms with Gasteiger partial charge in [-0.15, -0.1) is 0 Å². The molecule has 0 spiro atoms. The summed E-state index contributed by atoms with van der Waals surface area (Å²) >= 11 is 2.06. The number of urea groups is 1. The number of carboxylic acids is 2. The summed E-state index contributed by atoms with van der Waals surface area (Å²) in [5.74, 6) is -2.37. The molecular formula is C17H23IN4O6. The fourth-order valence-electron chi connectivity index (χ4n) is 2.22. The third-order valence-electron chi connectivity index (χ3n) is 3.63. The van der Waals surface area contributed by atoms with Crippen LogP contribution in [0.15, 0.2) is 18.5 Å². The molecule has 0 radical (unpaired) electrons. The minimum absolute atomic E-state index is 0.0768. The Balaban J connectivity index is 2.26. The molecule has 0 saturated heterocycles. The Kier molecular flexibility index (Phi) is 10.8. The number of hydrogen-bond donors (Lipinski definition) is 5. The van der Waals surface area contributed by atoms with Crippen molar-refractivity contribution in [3.8, 4) is 0 Å². The highest BCUT2D eigenvalue weighted by Gasteiger charge is 2.19.